The fourth-order valence-electron chi connectivity index (χ4n) is 3.06. The van der Waals surface area contributed by atoms with Crippen molar-refractivity contribution in [2.75, 3.05) is 10.0 Å². The predicted molar refractivity (Wildman–Crippen MR) is 107 cm³/mol. The smallest absolute Gasteiger partial charge is 0.267 e. The number of aryl methyl sites for hydroxylation is 1. The van der Waals surface area contributed by atoms with Gasteiger partial charge in [-0.05, 0) is 42.8 Å². The van der Waals surface area contributed by atoms with E-state index in [0.29, 0.717) is 11.4 Å². The number of hydrogen-bond acceptors (Lipinski definition) is 2. The van der Waals surface area contributed by atoms with Crippen LogP contribution in [0.3, 0.4) is 0 Å². The number of nitrogens with zero attached hydrogens (tertiary/aromatic N) is 2. The summed E-state index contributed by atoms with van der Waals surface area (Å²) in [7, 11) is 0. The van der Waals surface area contributed by atoms with Gasteiger partial charge in [0.1, 0.15) is 5.57 Å². The zero-order valence-electron chi connectivity index (χ0n) is 14.9. The van der Waals surface area contributed by atoms with E-state index in [1.54, 1.807) is 6.08 Å². The number of hydrogen-bond donors (Lipinski definition) is 0. The molecule has 4 heteroatoms. The van der Waals surface area contributed by atoms with E-state index in [1.807, 2.05) is 91.9 Å². The van der Waals surface area contributed by atoms with E-state index in [-0.39, 0.29) is 17.4 Å². The van der Waals surface area contributed by atoms with E-state index < -0.39 is 0 Å². The molecule has 0 unspecified atom stereocenters. The number of hydrazine groups is 1. The maximum Gasteiger partial charge on any atom is 0.283 e. The van der Waals surface area contributed by atoms with Crippen molar-refractivity contribution < 1.29 is 9.59 Å². The van der Waals surface area contributed by atoms with Crippen LogP contribution in [0.25, 0.3) is 6.08 Å². The molecule has 0 N–H and O–H groups in total. The Kier molecular flexibility index (Phi) is 4.30. The van der Waals surface area contributed by atoms with Crippen molar-refractivity contribution in [3.63, 3.8) is 0 Å². The van der Waals surface area contributed by atoms with Crippen molar-refractivity contribution in [3.8, 4) is 0 Å². The van der Waals surface area contributed by atoms with Crippen molar-refractivity contribution in [3.05, 3.63) is 102 Å². The third-order valence-corrected chi connectivity index (χ3v) is 4.44. The second kappa shape index (κ2) is 6.92. The summed E-state index contributed by atoms with van der Waals surface area (Å²) in [6.07, 6.45) is 1.66. The number of amides is 2. The molecule has 132 valence electrons. The molecule has 0 saturated carbocycles. The van der Waals surface area contributed by atoms with Gasteiger partial charge in [-0.1, -0.05) is 66.2 Å². The van der Waals surface area contributed by atoms with Gasteiger partial charge in [-0.2, -0.15) is 0 Å². The summed E-state index contributed by atoms with van der Waals surface area (Å²) in [6, 6.07) is 26.1. The quantitative estimate of drug-likeness (QED) is 0.517. The van der Waals surface area contributed by atoms with E-state index in [9.17, 15) is 9.59 Å². The Labute approximate surface area is 157 Å². The third kappa shape index (κ3) is 3.13. The molecule has 1 aliphatic heterocycles. The van der Waals surface area contributed by atoms with Crippen molar-refractivity contribution >= 4 is 29.3 Å². The summed E-state index contributed by atoms with van der Waals surface area (Å²) in [5, 5.41) is 2.86. The van der Waals surface area contributed by atoms with Gasteiger partial charge in [0.05, 0.1) is 11.4 Å². The Morgan fingerprint density at radius 2 is 1.07 bits per heavy atom. The molecule has 0 atom stereocenters. The van der Waals surface area contributed by atoms with Crippen LogP contribution in [0.1, 0.15) is 11.1 Å². The SMILES string of the molecule is Cc1ccc(C=C2C(=O)N(c3ccccc3)N(c3ccccc3)C2=O)cc1. The lowest BCUT2D eigenvalue weighted by atomic mass is 10.1. The minimum Gasteiger partial charge on any atom is -0.267 e. The lowest BCUT2D eigenvalue weighted by Gasteiger charge is -2.27. The molecule has 0 aliphatic carbocycles. The van der Waals surface area contributed by atoms with Gasteiger partial charge < -0.3 is 0 Å². The normalized spacial score (nSPS) is 14.0. The fourth-order valence-corrected chi connectivity index (χ4v) is 3.06. The van der Waals surface area contributed by atoms with Gasteiger partial charge in [-0.25, -0.2) is 10.0 Å². The summed E-state index contributed by atoms with van der Waals surface area (Å²) in [5.41, 5.74) is 3.38. The van der Waals surface area contributed by atoms with Crippen LogP contribution < -0.4 is 10.0 Å². The van der Waals surface area contributed by atoms with E-state index in [1.165, 1.54) is 10.0 Å². The summed E-state index contributed by atoms with van der Waals surface area (Å²) < 4.78 is 0. The van der Waals surface area contributed by atoms with Gasteiger partial charge in [0.25, 0.3) is 11.8 Å². The summed E-state index contributed by atoms with van der Waals surface area (Å²) in [4.78, 5) is 26.3. The molecule has 1 fully saturated rings. The molecule has 0 radical (unpaired) electrons. The van der Waals surface area contributed by atoms with E-state index in [4.69, 9.17) is 0 Å². The summed E-state index contributed by atoms with van der Waals surface area (Å²) in [5.74, 6) is -0.675. The van der Waals surface area contributed by atoms with Crippen molar-refractivity contribution in [2.24, 2.45) is 0 Å². The number of carbonyl (C=O) groups is 2. The molecular weight excluding hydrogens is 336 g/mol. The highest BCUT2D eigenvalue weighted by atomic mass is 16.2. The Morgan fingerprint density at radius 3 is 1.52 bits per heavy atom. The third-order valence-electron chi connectivity index (χ3n) is 4.44. The van der Waals surface area contributed by atoms with Crippen molar-refractivity contribution in [1.29, 1.82) is 0 Å². The molecule has 4 rings (SSSR count). The Balaban J connectivity index is 1.83. The zero-order chi connectivity index (χ0) is 18.8. The van der Waals surface area contributed by atoms with Gasteiger partial charge in [0.15, 0.2) is 0 Å². The van der Waals surface area contributed by atoms with E-state index in [0.717, 1.165) is 11.1 Å². The monoisotopic (exact) mass is 354 g/mol. The maximum absolute atomic E-state index is 13.2. The first-order chi connectivity index (χ1) is 13.1. The van der Waals surface area contributed by atoms with Crippen LogP contribution in [0.5, 0.6) is 0 Å². The lowest BCUT2D eigenvalue weighted by molar-refractivity contribution is -0.116. The van der Waals surface area contributed by atoms with Crippen LogP contribution in [-0.2, 0) is 9.59 Å². The molecule has 1 aliphatic rings. The molecule has 1 saturated heterocycles. The Bertz CT molecular complexity index is 950. The highest BCUT2D eigenvalue weighted by Crippen LogP contribution is 2.32. The second-order valence-corrected chi connectivity index (χ2v) is 6.37. The van der Waals surface area contributed by atoms with Gasteiger partial charge in [-0.3, -0.25) is 9.59 Å². The Hall–Kier alpha value is -3.66. The average Bonchev–Trinajstić information content (AvgIpc) is 2.95. The molecular formula is C23H18N2O2. The van der Waals surface area contributed by atoms with Crippen LogP contribution in [0.15, 0.2) is 90.5 Å². The van der Waals surface area contributed by atoms with Crippen LogP contribution in [0, 0.1) is 6.92 Å². The largest absolute Gasteiger partial charge is 0.283 e. The molecule has 3 aromatic rings. The van der Waals surface area contributed by atoms with Crippen LogP contribution in [0.2, 0.25) is 0 Å². The second-order valence-electron chi connectivity index (χ2n) is 6.37. The maximum atomic E-state index is 13.2. The molecule has 27 heavy (non-hydrogen) atoms. The van der Waals surface area contributed by atoms with Gasteiger partial charge in [0.2, 0.25) is 0 Å². The molecule has 0 spiro atoms. The van der Waals surface area contributed by atoms with E-state index >= 15 is 0 Å². The predicted octanol–water partition coefficient (Wildman–Crippen LogP) is 4.37. The van der Waals surface area contributed by atoms with E-state index in [2.05, 4.69) is 0 Å². The lowest BCUT2D eigenvalue weighted by Crippen LogP contribution is -2.41. The molecule has 3 aromatic carbocycles. The average molecular weight is 354 g/mol. The standard InChI is InChI=1S/C23H18N2O2/c1-17-12-14-18(15-13-17)16-21-22(26)24(19-8-4-2-5-9-19)25(23(21)27)20-10-6-3-7-11-20/h2-16H,1H3. The number of benzene rings is 3. The molecule has 4 nitrogen and oxygen atoms in total. The summed E-state index contributed by atoms with van der Waals surface area (Å²) in [6.45, 7) is 2.00. The fraction of sp³-hybridized carbons (Fsp3) is 0.0435. The first-order valence-electron chi connectivity index (χ1n) is 8.72. The van der Waals surface area contributed by atoms with Crippen molar-refractivity contribution in [2.45, 2.75) is 6.92 Å². The highest BCUT2D eigenvalue weighted by molar-refractivity contribution is 6.38. The molecule has 0 aromatic heterocycles. The minimum absolute atomic E-state index is 0.145. The molecule has 1 heterocycles. The minimum atomic E-state index is -0.337. The molecule has 2 amide bonds. The first kappa shape index (κ1) is 16.8. The van der Waals surface area contributed by atoms with Gasteiger partial charge in [0, 0.05) is 0 Å². The number of carbonyl (C=O) groups excluding carboxylic acids is 2. The number of rotatable bonds is 3. The molecule has 0 bridgehead atoms. The van der Waals surface area contributed by atoms with Crippen LogP contribution in [-0.4, -0.2) is 11.8 Å². The Morgan fingerprint density at radius 1 is 0.630 bits per heavy atom. The number of anilines is 2. The van der Waals surface area contributed by atoms with Gasteiger partial charge in [-0.15, -0.1) is 0 Å². The van der Waals surface area contributed by atoms with Gasteiger partial charge >= 0.3 is 0 Å². The zero-order valence-corrected chi connectivity index (χ0v) is 14.9. The first-order valence-corrected chi connectivity index (χ1v) is 8.72. The van der Waals surface area contributed by atoms with Crippen molar-refractivity contribution in [1.82, 2.24) is 0 Å². The van der Waals surface area contributed by atoms with Crippen LogP contribution >= 0.6 is 0 Å². The topological polar surface area (TPSA) is 40.6 Å². The summed E-state index contributed by atoms with van der Waals surface area (Å²) >= 11 is 0. The highest BCUT2D eigenvalue weighted by Gasteiger charge is 2.42. The van der Waals surface area contributed by atoms with Crippen LogP contribution in [0.4, 0.5) is 11.4 Å². The number of para-hydroxylation sites is 2.